The molecular weight excluding hydrogens is 238 g/mol. The van der Waals surface area contributed by atoms with Crippen molar-refractivity contribution in [3.8, 4) is 17.0 Å². The molecule has 0 saturated heterocycles. The third-order valence-electron chi connectivity index (χ3n) is 2.40. The summed E-state index contributed by atoms with van der Waals surface area (Å²) in [4.78, 5) is 14.8. The lowest BCUT2D eigenvalue weighted by atomic mass is 10.1. The maximum Gasteiger partial charge on any atom is 0.221 e. The molecule has 0 amide bonds. The molecule has 0 spiro atoms. The number of benzene rings is 1. The van der Waals surface area contributed by atoms with E-state index in [1.54, 1.807) is 25.4 Å². The molecule has 4 heteroatoms. The number of pyridine rings is 1. The first kappa shape index (κ1) is 11.6. The van der Waals surface area contributed by atoms with Gasteiger partial charge in [-0.05, 0) is 29.8 Å². The van der Waals surface area contributed by atoms with Crippen LogP contribution >= 0.6 is 11.6 Å². The Morgan fingerprint density at radius 2 is 2.18 bits per heavy atom. The van der Waals surface area contributed by atoms with Crippen LogP contribution in [0.2, 0.25) is 5.02 Å². The van der Waals surface area contributed by atoms with Crippen LogP contribution in [0.1, 0.15) is 10.4 Å². The molecule has 0 aliphatic rings. The summed E-state index contributed by atoms with van der Waals surface area (Å²) in [6.45, 7) is 0. The van der Waals surface area contributed by atoms with E-state index in [2.05, 4.69) is 4.98 Å². The Balaban J connectivity index is 2.53. The van der Waals surface area contributed by atoms with Gasteiger partial charge in [-0.25, -0.2) is 4.98 Å². The molecule has 0 fully saturated rings. The molecule has 2 rings (SSSR count). The number of nitrogens with zero attached hydrogens (tertiary/aromatic N) is 1. The number of aldehydes is 1. The van der Waals surface area contributed by atoms with Gasteiger partial charge in [-0.15, -0.1) is 0 Å². The molecule has 2 aromatic rings. The lowest BCUT2D eigenvalue weighted by Gasteiger charge is -2.07. The van der Waals surface area contributed by atoms with Crippen LogP contribution in [0.15, 0.2) is 36.5 Å². The van der Waals surface area contributed by atoms with Gasteiger partial charge in [0, 0.05) is 17.3 Å². The highest BCUT2D eigenvalue weighted by Crippen LogP contribution is 2.30. The SMILES string of the molecule is COc1ncccc1-c1ccc(C=O)c(Cl)c1. The monoisotopic (exact) mass is 247 g/mol. The molecule has 0 saturated carbocycles. The lowest BCUT2D eigenvalue weighted by Crippen LogP contribution is -1.91. The first-order chi connectivity index (χ1) is 8.26. The van der Waals surface area contributed by atoms with Gasteiger partial charge in [0.1, 0.15) is 0 Å². The number of ether oxygens (including phenoxy) is 1. The van der Waals surface area contributed by atoms with Crippen molar-refractivity contribution < 1.29 is 9.53 Å². The molecule has 1 heterocycles. The number of halogens is 1. The van der Waals surface area contributed by atoms with Crippen LogP contribution in [0.25, 0.3) is 11.1 Å². The molecule has 0 aliphatic carbocycles. The number of carbonyl (C=O) groups is 1. The normalized spacial score (nSPS) is 10.0. The van der Waals surface area contributed by atoms with E-state index in [0.717, 1.165) is 17.4 Å². The Hall–Kier alpha value is -1.87. The van der Waals surface area contributed by atoms with E-state index in [9.17, 15) is 4.79 Å². The highest BCUT2D eigenvalue weighted by atomic mass is 35.5. The highest BCUT2D eigenvalue weighted by molar-refractivity contribution is 6.33. The molecule has 3 nitrogen and oxygen atoms in total. The first-order valence-corrected chi connectivity index (χ1v) is 5.38. The zero-order chi connectivity index (χ0) is 12.3. The van der Waals surface area contributed by atoms with Gasteiger partial charge in [0.2, 0.25) is 5.88 Å². The van der Waals surface area contributed by atoms with Crippen molar-refractivity contribution in [1.29, 1.82) is 0 Å². The van der Waals surface area contributed by atoms with Gasteiger partial charge in [0.05, 0.1) is 12.1 Å². The Morgan fingerprint density at radius 3 is 2.82 bits per heavy atom. The van der Waals surface area contributed by atoms with Gasteiger partial charge < -0.3 is 4.74 Å². The van der Waals surface area contributed by atoms with Gasteiger partial charge in [0.15, 0.2) is 6.29 Å². The second-order valence-corrected chi connectivity index (χ2v) is 3.82. The second-order valence-electron chi connectivity index (χ2n) is 3.41. The Morgan fingerprint density at radius 1 is 1.35 bits per heavy atom. The third-order valence-corrected chi connectivity index (χ3v) is 2.73. The van der Waals surface area contributed by atoms with E-state index in [0.29, 0.717) is 16.5 Å². The van der Waals surface area contributed by atoms with Crippen LogP contribution < -0.4 is 4.74 Å². The zero-order valence-electron chi connectivity index (χ0n) is 9.18. The van der Waals surface area contributed by atoms with Crippen LogP contribution in [-0.4, -0.2) is 18.4 Å². The zero-order valence-corrected chi connectivity index (χ0v) is 9.94. The molecule has 86 valence electrons. The second kappa shape index (κ2) is 4.97. The van der Waals surface area contributed by atoms with Crippen LogP contribution in [0.3, 0.4) is 0 Å². The standard InChI is InChI=1S/C13H10ClNO2/c1-17-13-11(3-2-6-15-13)9-4-5-10(8-16)12(14)7-9/h2-8H,1H3. The molecule has 1 aromatic carbocycles. The minimum atomic E-state index is 0.420. The van der Waals surface area contributed by atoms with Crippen LogP contribution in [-0.2, 0) is 0 Å². The first-order valence-electron chi connectivity index (χ1n) is 5.00. The fourth-order valence-electron chi connectivity index (χ4n) is 1.56. The van der Waals surface area contributed by atoms with E-state index in [-0.39, 0.29) is 0 Å². The van der Waals surface area contributed by atoms with Gasteiger partial charge in [-0.1, -0.05) is 17.7 Å². The van der Waals surface area contributed by atoms with Crippen LogP contribution in [0.5, 0.6) is 5.88 Å². The fraction of sp³-hybridized carbons (Fsp3) is 0.0769. The van der Waals surface area contributed by atoms with Crippen molar-refractivity contribution in [3.05, 3.63) is 47.1 Å². The summed E-state index contributed by atoms with van der Waals surface area (Å²) in [5.74, 6) is 0.530. The molecule has 0 unspecified atom stereocenters. The molecule has 0 bridgehead atoms. The summed E-state index contributed by atoms with van der Waals surface area (Å²) >= 11 is 5.98. The van der Waals surface area contributed by atoms with Gasteiger partial charge >= 0.3 is 0 Å². The average molecular weight is 248 g/mol. The Kier molecular flexibility index (Phi) is 3.40. The van der Waals surface area contributed by atoms with Crippen molar-refractivity contribution in [3.63, 3.8) is 0 Å². The van der Waals surface area contributed by atoms with Crippen LogP contribution in [0.4, 0.5) is 0 Å². The molecule has 17 heavy (non-hydrogen) atoms. The van der Waals surface area contributed by atoms with Crippen molar-refractivity contribution >= 4 is 17.9 Å². The van der Waals surface area contributed by atoms with E-state index >= 15 is 0 Å². The molecule has 0 aliphatic heterocycles. The van der Waals surface area contributed by atoms with Crippen molar-refractivity contribution in [2.24, 2.45) is 0 Å². The van der Waals surface area contributed by atoms with Gasteiger partial charge in [-0.3, -0.25) is 4.79 Å². The van der Waals surface area contributed by atoms with Crippen molar-refractivity contribution in [2.45, 2.75) is 0 Å². The summed E-state index contributed by atoms with van der Waals surface area (Å²) in [5.41, 5.74) is 2.18. The quantitative estimate of drug-likeness (QED) is 0.782. The van der Waals surface area contributed by atoms with Gasteiger partial charge in [-0.2, -0.15) is 0 Å². The third kappa shape index (κ3) is 2.29. The fourth-order valence-corrected chi connectivity index (χ4v) is 1.79. The van der Waals surface area contributed by atoms with Crippen LogP contribution in [0, 0.1) is 0 Å². The predicted molar refractivity (Wildman–Crippen MR) is 66.6 cm³/mol. The van der Waals surface area contributed by atoms with E-state index in [4.69, 9.17) is 16.3 Å². The minimum absolute atomic E-state index is 0.420. The molecular formula is C13H10ClNO2. The summed E-state index contributed by atoms with van der Waals surface area (Å²) in [6.07, 6.45) is 2.39. The largest absolute Gasteiger partial charge is 0.481 e. The predicted octanol–water partition coefficient (Wildman–Crippen LogP) is 3.22. The van der Waals surface area contributed by atoms with E-state index in [1.165, 1.54) is 0 Å². The Bertz CT molecular complexity index is 555. The maximum absolute atomic E-state index is 10.7. The Labute approximate surface area is 104 Å². The topological polar surface area (TPSA) is 39.2 Å². The summed E-state index contributed by atoms with van der Waals surface area (Å²) < 4.78 is 5.17. The van der Waals surface area contributed by atoms with Crippen molar-refractivity contribution in [1.82, 2.24) is 4.98 Å². The summed E-state index contributed by atoms with van der Waals surface area (Å²) in [6, 6.07) is 8.93. The van der Waals surface area contributed by atoms with Crippen molar-refractivity contribution in [2.75, 3.05) is 7.11 Å². The average Bonchev–Trinajstić information content (AvgIpc) is 2.38. The molecule has 1 aromatic heterocycles. The van der Waals surface area contributed by atoms with E-state index < -0.39 is 0 Å². The van der Waals surface area contributed by atoms with E-state index in [1.807, 2.05) is 18.2 Å². The number of methoxy groups -OCH3 is 1. The number of hydrogen-bond acceptors (Lipinski definition) is 3. The smallest absolute Gasteiger partial charge is 0.221 e. The highest BCUT2D eigenvalue weighted by Gasteiger charge is 2.08. The number of rotatable bonds is 3. The maximum atomic E-state index is 10.7. The summed E-state index contributed by atoms with van der Waals surface area (Å²) in [5, 5.41) is 0.420. The van der Waals surface area contributed by atoms with Gasteiger partial charge in [0.25, 0.3) is 0 Å². The number of aromatic nitrogens is 1. The number of carbonyl (C=O) groups excluding carboxylic acids is 1. The molecule has 0 radical (unpaired) electrons. The molecule has 0 N–H and O–H groups in total. The minimum Gasteiger partial charge on any atom is -0.481 e. The lowest BCUT2D eigenvalue weighted by molar-refractivity contribution is 0.112. The molecule has 0 atom stereocenters. The summed E-state index contributed by atoms with van der Waals surface area (Å²) in [7, 11) is 1.56. The number of hydrogen-bond donors (Lipinski definition) is 0.